The average Bonchev–Trinajstić information content (AvgIpc) is 3.56. The van der Waals surface area contributed by atoms with Crippen LogP contribution in [0, 0.1) is 5.92 Å². The van der Waals surface area contributed by atoms with Gasteiger partial charge < -0.3 is 14.6 Å². The average molecular weight is 511 g/mol. The fourth-order valence-corrected chi connectivity index (χ4v) is 5.24. The zero-order valence-corrected chi connectivity index (χ0v) is 20.4. The lowest BCUT2D eigenvalue weighted by Crippen LogP contribution is -2.35. The van der Waals surface area contributed by atoms with Gasteiger partial charge in [0.2, 0.25) is 5.91 Å². The van der Waals surface area contributed by atoms with Gasteiger partial charge in [-0.15, -0.1) is 0 Å². The molecule has 194 valence electrons. The topological polar surface area (TPSA) is 62.6 Å². The summed E-state index contributed by atoms with van der Waals surface area (Å²) in [5, 5.41) is 2.96. The highest BCUT2D eigenvalue weighted by atomic mass is 19.4. The number of carbonyl (C=O) groups excluding carboxylic acids is 2. The maximum absolute atomic E-state index is 13.1. The number of nitrogens with zero attached hydrogens (tertiary/aromatic N) is 1. The van der Waals surface area contributed by atoms with E-state index < -0.39 is 17.6 Å². The van der Waals surface area contributed by atoms with Crippen LogP contribution >= 0.6 is 0 Å². The molecule has 5 nitrogen and oxygen atoms in total. The molecule has 5 rings (SSSR count). The molecule has 0 saturated heterocycles. The number of benzene rings is 2. The standard InChI is InChI=1S/C29H29F3N2O3/c30-29(31,32)23-7-3-6-21(16-23)28(36)34-15-14-25-22(18-34)17-26(37-25)20-9-11-24(12-10-20)33-27(35)13-8-19-4-1-2-5-19/h3,6-7,9-12,16-17,19H,1-2,4-5,8,13-15,18H2,(H,33,35). The first-order valence-electron chi connectivity index (χ1n) is 12.7. The Kier molecular flexibility index (Phi) is 7.09. The Morgan fingerprint density at radius 1 is 1.03 bits per heavy atom. The van der Waals surface area contributed by atoms with Crippen molar-refractivity contribution in [3.05, 3.63) is 77.0 Å². The van der Waals surface area contributed by atoms with Gasteiger partial charge in [-0.3, -0.25) is 9.59 Å². The Morgan fingerprint density at radius 3 is 2.51 bits per heavy atom. The Labute approximate surface area is 213 Å². The molecule has 3 aromatic rings. The number of halogens is 3. The van der Waals surface area contributed by atoms with E-state index in [0.29, 0.717) is 31.1 Å². The summed E-state index contributed by atoms with van der Waals surface area (Å²) in [6.45, 7) is 0.629. The number of hydrogen-bond acceptors (Lipinski definition) is 3. The predicted octanol–water partition coefficient (Wildman–Crippen LogP) is 7.07. The second-order valence-electron chi connectivity index (χ2n) is 9.93. The van der Waals surface area contributed by atoms with Gasteiger partial charge in [0.15, 0.2) is 0 Å². The van der Waals surface area contributed by atoms with Gasteiger partial charge in [-0.05, 0) is 60.9 Å². The first-order valence-corrected chi connectivity index (χ1v) is 12.7. The number of nitrogens with one attached hydrogen (secondary N) is 1. The Hall–Kier alpha value is -3.55. The Bertz CT molecular complexity index is 1270. The molecule has 0 atom stereocenters. The zero-order chi connectivity index (χ0) is 26.0. The molecule has 0 spiro atoms. The second kappa shape index (κ2) is 10.4. The summed E-state index contributed by atoms with van der Waals surface area (Å²) >= 11 is 0. The van der Waals surface area contributed by atoms with Crippen LogP contribution in [-0.4, -0.2) is 23.3 Å². The SMILES string of the molecule is O=C(CCC1CCCC1)Nc1ccc(-c2cc3c(o2)CCN(C(=O)c2cccc(C(F)(F)F)c2)C3)cc1. The molecule has 2 heterocycles. The predicted molar refractivity (Wildman–Crippen MR) is 134 cm³/mol. The zero-order valence-electron chi connectivity index (χ0n) is 20.4. The molecule has 1 aliphatic carbocycles. The molecule has 2 aromatic carbocycles. The van der Waals surface area contributed by atoms with Gasteiger partial charge in [0.25, 0.3) is 5.91 Å². The van der Waals surface area contributed by atoms with Crippen molar-refractivity contribution in [3.8, 4) is 11.3 Å². The lowest BCUT2D eigenvalue weighted by atomic mass is 10.0. The fraction of sp³-hybridized carbons (Fsp3) is 0.379. The van der Waals surface area contributed by atoms with E-state index in [1.807, 2.05) is 30.3 Å². The third-order valence-corrected chi connectivity index (χ3v) is 7.30. The number of rotatable bonds is 6. The fourth-order valence-electron chi connectivity index (χ4n) is 5.24. The van der Waals surface area contributed by atoms with Crippen molar-refractivity contribution in [3.63, 3.8) is 0 Å². The number of hydrogen-bond donors (Lipinski definition) is 1. The van der Waals surface area contributed by atoms with Gasteiger partial charge in [0.05, 0.1) is 5.56 Å². The highest BCUT2D eigenvalue weighted by molar-refractivity contribution is 5.94. The van der Waals surface area contributed by atoms with Crippen LogP contribution in [-0.2, 0) is 23.9 Å². The van der Waals surface area contributed by atoms with E-state index >= 15 is 0 Å². The number of carbonyl (C=O) groups is 2. The molecule has 1 aromatic heterocycles. The Morgan fingerprint density at radius 2 is 1.78 bits per heavy atom. The number of alkyl halides is 3. The Balaban J connectivity index is 1.21. The molecule has 8 heteroatoms. The molecule has 0 radical (unpaired) electrons. The van der Waals surface area contributed by atoms with E-state index in [-0.39, 0.29) is 18.0 Å². The van der Waals surface area contributed by atoms with E-state index in [2.05, 4.69) is 5.32 Å². The molecular weight excluding hydrogens is 481 g/mol. The van der Waals surface area contributed by atoms with Crippen LogP contribution in [0.25, 0.3) is 11.3 Å². The number of amides is 2. The third kappa shape index (κ3) is 5.89. The minimum atomic E-state index is -4.50. The highest BCUT2D eigenvalue weighted by Gasteiger charge is 2.32. The molecule has 1 saturated carbocycles. The van der Waals surface area contributed by atoms with Gasteiger partial charge in [0.1, 0.15) is 11.5 Å². The van der Waals surface area contributed by atoms with Crippen molar-refractivity contribution in [2.75, 3.05) is 11.9 Å². The van der Waals surface area contributed by atoms with E-state index in [0.717, 1.165) is 41.1 Å². The van der Waals surface area contributed by atoms with Gasteiger partial charge in [0, 0.05) is 48.3 Å². The summed E-state index contributed by atoms with van der Waals surface area (Å²) in [6.07, 6.45) is 2.46. The van der Waals surface area contributed by atoms with Crippen LogP contribution in [0.1, 0.15) is 65.8 Å². The molecule has 1 aliphatic heterocycles. The quantitative estimate of drug-likeness (QED) is 0.386. The third-order valence-electron chi connectivity index (χ3n) is 7.30. The number of furan rings is 1. The lowest BCUT2D eigenvalue weighted by molar-refractivity contribution is -0.137. The summed E-state index contributed by atoms with van der Waals surface area (Å²) in [5.41, 5.74) is 1.59. The van der Waals surface area contributed by atoms with E-state index in [9.17, 15) is 22.8 Å². The van der Waals surface area contributed by atoms with Crippen LogP contribution in [0.15, 0.2) is 59.0 Å². The molecule has 0 bridgehead atoms. The van der Waals surface area contributed by atoms with Gasteiger partial charge in [-0.2, -0.15) is 13.2 Å². The van der Waals surface area contributed by atoms with Crippen LogP contribution in [0.3, 0.4) is 0 Å². The van der Waals surface area contributed by atoms with E-state index in [1.54, 1.807) is 4.90 Å². The van der Waals surface area contributed by atoms with Crippen molar-refractivity contribution >= 4 is 17.5 Å². The summed E-state index contributed by atoms with van der Waals surface area (Å²) < 4.78 is 45.2. The van der Waals surface area contributed by atoms with Gasteiger partial charge in [-0.25, -0.2) is 0 Å². The summed E-state index contributed by atoms with van der Waals surface area (Å²) in [6, 6.07) is 13.8. The summed E-state index contributed by atoms with van der Waals surface area (Å²) in [4.78, 5) is 26.7. The second-order valence-corrected chi connectivity index (χ2v) is 9.93. The molecule has 1 N–H and O–H groups in total. The molecule has 2 amide bonds. The monoisotopic (exact) mass is 510 g/mol. The smallest absolute Gasteiger partial charge is 0.416 e. The summed E-state index contributed by atoms with van der Waals surface area (Å²) in [5.74, 6) is 1.69. The van der Waals surface area contributed by atoms with Crippen LogP contribution < -0.4 is 5.32 Å². The maximum Gasteiger partial charge on any atom is 0.416 e. The first-order chi connectivity index (χ1) is 17.8. The minimum absolute atomic E-state index is 0.0165. The van der Waals surface area contributed by atoms with Crippen molar-refractivity contribution in [2.24, 2.45) is 5.92 Å². The minimum Gasteiger partial charge on any atom is -0.461 e. The lowest BCUT2D eigenvalue weighted by Gasteiger charge is -2.26. The van der Waals surface area contributed by atoms with E-state index in [1.165, 1.54) is 37.8 Å². The van der Waals surface area contributed by atoms with Crippen LogP contribution in [0.2, 0.25) is 0 Å². The van der Waals surface area contributed by atoms with Crippen molar-refractivity contribution < 1.29 is 27.2 Å². The summed E-state index contributed by atoms with van der Waals surface area (Å²) in [7, 11) is 0. The van der Waals surface area contributed by atoms with Crippen molar-refractivity contribution in [1.29, 1.82) is 0 Å². The van der Waals surface area contributed by atoms with Crippen molar-refractivity contribution in [2.45, 2.75) is 57.7 Å². The van der Waals surface area contributed by atoms with E-state index in [4.69, 9.17) is 4.42 Å². The van der Waals surface area contributed by atoms with Crippen molar-refractivity contribution in [1.82, 2.24) is 4.90 Å². The number of fused-ring (bicyclic) bond motifs is 1. The molecule has 0 unspecified atom stereocenters. The largest absolute Gasteiger partial charge is 0.461 e. The number of anilines is 1. The molecule has 1 fully saturated rings. The maximum atomic E-state index is 13.1. The normalized spacial score (nSPS) is 16.0. The highest BCUT2D eigenvalue weighted by Crippen LogP contribution is 2.33. The molecule has 2 aliphatic rings. The van der Waals surface area contributed by atoms with Gasteiger partial charge in [-0.1, -0.05) is 31.7 Å². The molecular formula is C29H29F3N2O3. The van der Waals surface area contributed by atoms with Crippen LogP contribution in [0.5, 0.6) is 0 Å². The first kappa shape index (κ1) is 25.1. The van der Waals surface area contributed by atoms with Gasteiger partial charge >= 0.3 is 6.18 Å². The van der Waals surface area contributed by atoms with Crippen LogP contribution in [0.4, 0.5) is 18.9 Å². The molecule has 37 heavy (non-hydrogen) atoms.